The summed E-state index contributed by atoms with van der Waals surface area (Å²) in [7, 11) is 3.58. The fraction of sp³-hybridized carbons (Fsp3) is 0.167. The van der Waals surface area contributed by atoms with E-state index in [0.717, 1.165) is 29.0 Å². The lowest BCUT2D eigenvalue weighted by molar-refractivity contribution is 0.414. The van der Waals surface area contributed by atoms with Gasteiger partial charge in [0.1, 0.15) is 11.3 Å². The Labute approximate surface area is 129 Å². The Morgan fingerprint density at radius 1 is 1.18 bits per heavy atom. The van der Waals surface area contributed by atoms with Gasteiger partial charge in [-0.05, 0) is 48.5 Å². The number of methoxy groups -OCH3 is 1. The minimum atomic E-state index is 0.597. The highest BCUT2D eigenvalue weighted by Crippen LogP contribution is 2.20. The first-order chi connectivity index (χ1) is 10.8. The summed E-state index contributed by atoms with van der Waals surface area (Å²) in [4.78, 5) is 4.50. The molecule has 0 fully saturated rings. The van der Waals surface area contributed by atoms with Gasteiger partial charge in [0.25, 0.3) is 0 Å². The molecule has 22 heavy (non-hydrogen) atoms. The smallest absolute Gasteiger partial charge is 0.220 e. The lowest BCUT2D eigenvalue weighted by Crippen LogP contribution is -2.04. The molecule has 0 spiro atoms. The highest BCUT2D eigenvalue weighted by atomic mass is 16.5. The highest BCUT2D eigenvalue weighted by Gasteiger charge is 2.04. The topological polar surface area (TPSA) is 47.3 Å². The number of benzene rings is 2. The van der Waals surface area contributed by atoms with E-state index in [0.29, 0.717) is 5.89 Å². The average molecular weight is 294 g/mol. The number of nitrogens with one attached hydrogen (secondary N) is 1. The maximum atomic E-state index is 5.73. The molecule has 1 heterocycles. The standard InChI is InChI=1S/C18H18N2O2/c1-19-12-14-6-8-17-16(11-14)20-18(22-17)9-7-13-4-3-5-15(10-13)21-2/h3-11,19H,12H2,1-2H3/b9-7-. The van der Waals surface area contributed by atoms with Crippen molar-refractivity contribution >= 4 is 23.3 Å². The van der Waals surface area contributed by atoms with Crippen LogP contribution < -0.4 is 10.1 Å². The Kier molecular flexibility index (Phi) is 4.21. The van der Waals surface area contributed by atoms with E-state index < -0.39 is 0 Å². The molecule has 3 aromatic rings. The molecule has 0 aliphatic carbocycles. The van der Waals surface area contributed by atoms with Crippen LogP contribution in [0.2, 0.25) is 0 Å². The Balaban J connectivity index is 1.85. The summed E-state index contributed by atoms with van der Waals surface area (Å²) >= 11 is 0. The molecule has 112 valence electrons. The van der Waals surface area contributed by atoms with Gasteiger partial charge in [0.15, 0.2) is 5.58 Å². The lowest BCUT2D eigenvalue weighted by Gasteiger charge is -1.99. The predicted octanol–water partition coefficient (Wildman–Crippen LogP) is 3.73. The second-order valence-corrected chi connectivity index (χ2v) is 4.99. The monoisotopic (exact) mass is 294 g/mol. The molecule has 1 N–H and O–H groups in total. The third-order valence-electron chi connectivity index (χ3n) is 3.36. The molecule has 0 atom stereocenters. The van der Waals surface area contributed by atoms with Gasteiger partial charge in [-0.15, -0.1) is 0 Å². The summed E-state index contributed by atoms with van der Waals surface area (Å²) in [5, 5.41) is 3.13. The number of hydrogen-bond donors (Lipinski definition) is 1. The van der Waals surface area contributed by atoms with Gasteiger partial charge >= 0.3 is 0 Å². The summed E-state index contributed by atoms with van der Waals surface area (Å²) in [5.41, 5.74) is 3.90. The zero-order valence-electron chi connectivity index (χ0n) is 12.7. The molecule has 1 aromatic heterocycles. The number of nitrogens with zero attached hydrogens (tertiary/aromatic N) is 1. The van der Waals surface area contributed by atoms with Gasteiger partial charge in [0, 0.05) is 12.6 Å². The molecular formula is C18H18N2O2. The first-order valence-corrected chi connectivity index (χ1v) is 7.15. The first kappa shape index (κ1) is 14.4. The van der Waals surface area contributed by atoms with Crippen LogP contribution in [0, 0.1) is 0 Å². The van der Waals surface area contributed by atoms with Gasteiger partial charge in [-0.3, -0.25) is 0 Å². The molecular weight excluding hydrogens is 276 g/mol. The Bertz CT molecular complexity index is 806. The molecule has 0 bridgehead atoms. The lowest BCUT2D eigenvalue weighted by atomic mass is 10.2. The van der Waals surface area contributed by atoms with Crippen molar-refractivity contribution < 1.29 is 9.15 Å². The van der Waals surface area contributed by atoms with Crippen molar-refractivity contribution in [3.63, 3.8) is 0 Å². The molecule has 4 heteroatoms. The predicted molar refractivity (Wildman–Crippen MR) is 88.7 cm³/mol. The van der Waals surface area contributed by atoms with Crippen molar-refractivity contribution in [1.82, 2.24) is 10.3 Å². The molecule has 0 saturated heterocycles. The number of rotatable bonds is 5. The highest BCUT2D eigenvalue weighted by molar-refractivity contribution is 5.76. The third-order valence-corrected chi connectivity index (χ3v) is 3.36. The summed E-state index contributed by atoms with van der Waals surface area (Å²) in [6.45, 7) is 0.817. The molecule has 0 aliphatic rings. The number of oxazole rings is 1. The van der Waals surface area contributed by atoms with Crippen LogP contribution in [-0.4, -0.2) is 19.1 Å². The Morgan fingerprint density at radius 2 is 2.09 bits per heavy atom. The van der Waals surface area contributed by atoms with Gasteiger partial charge < -0.3 is 14.5 Å². The number of aromatic nitrogens is 1. The van der Waals surface area contributed by atoms with Crippen molar-refractivity contribution in [2.24, 2.45) is 0 Å². The van der Waals surface area contributed by atoms with E-state index in [-0.39, 0.29) is 0 Å². The maximum absolute atomic E-state index is 5.73. The Morgan fingerprint density at radius 3 is 2.91 bits per heavy atom. The SMILES string of the molecule is CNCc1ccc2oc(/C=C\c3cccc(OC)c3)nc2c1. The van der Waals surface area contributed by atoms with E-state index in [2.05, 4.69) is 10.3 Å². The van der Waals surface area contributed by atoms with Crippen molar-refractivity contribution in [2.45, 2.75) is 6.54 Å². The quantitative estimate of drug-likeness (QED) is 0.779. The van der Waals surface area contributed by atoms with E-state index >= 15 is 0 Å². The summed E-state index contributed by atoms with van der Waals surface area (Å²) in [5.74, 6) is 1.43. The maximum Gasteiger partial charge on any atom is 0.220 e. The van der Waals surface area contributed by atoms with Crippen LogP contribution >= 0.6 is 0 Å². The molecule has 4 nitrogen and oxygen atoms in total. The molecule has 3 rings (SSSR count). The van der Waals surface area contributed by atoms with E-state index in [1.165, 1.54) is 5.56 Å². The normalized spacial score (nSPS) is 11.4. The van der Waals surface area contributed by atoms with Crippen LogP contribution in [0.25, 0.3) is 23.3 Å². The second kappa shape index (κ2) is 6.45. The number of hydrogen-bond acceptors (Lipinski definition) is 4. The van der Waals surface area contributed by atoms with Crippen LogP contribution in [-0.2, 0) is 6.54 Å². The minimum Gasteiger partial charge on any atom is -0.497 e. The second-order valence-electron chi connectivity index (χ2n) is 4.99. The van der Waals surface area contributed by atoms with E-state index in [1.54, 1.807) is 7.11 Å². The Hall–Kier alpha value is -2.59. The summed E-state index contributed by atoms with van der Waals surface area (Å²) in [6.07, 6.45) is 3.83. The minimum absolute atomic E-state index is 0.597. The van der Waals surface area contributed by atoms with Gasteiger partial charge in [0.05, 0.1) is 7.11 Å². The zero-order chi connectivity index (χ0) is 15.4. The number of ether oxygens (including phenoxy) is 1. The van der Waals surface area contributed by atoms with E-state index in [1.807, 2.05) is 61.7 Å². The van der Waals surface area contributed by atoms with Crippen LogP contribution in [0.4, 0.5) is 0 Å². The van der Waals surface area contributed by atoms with Crippen molar-refractivity contribution in [1.29, 1.82) is 0 Å². The number of fused-ring (bicyclic) bond motifs is 1. The van der Waals surface area contributed by atoms with Crippen LogP contribution in [0.3, 0.4) is 0 Å². The largest absolute Gasteiger partial charge is 0.497 e. The average Bonchev–Trinajstić information content (AvgIpc) is 2.95. The van der Waals surface area contributed by atoms with E-state index in [4.69, 9.17) is 9.15 Å². The fourth-order valence-electron chi connectivity index (χ4n) is 2.29. The molecule has 0 unspecified atom stereocenters. The van der Waals surface area contributed by atoms with Crippen LogP contribution in [0.15, 0.2) is 46.9 Å². The van der Waals surface area contributed by atoms with Crippen LogP contribution in [0.5, 0.6) is 5.75 Å². The first-order valence-electron chi connectivity index (χ1n) is 7.15. The summed E-state index contributed by atoms with van der Waals surface area (Å²) < 4.78 is 10.9. The van der Waals surface area contributed by atoms with Gasteiger partial charge in [-0.25, -0.2) is 4.98 Å². The van der Waals surface area contributed by atoms with Crippen molar-refractivity contribution in [3.05, 3.63) is 59.5 Å². The van der Waals surface area contributed by atoms with Crippen LogP contribution in [0.1, 0.15) is 17.0 Å². The fourth-order valence-corrected chi connectivity index (χ4v) is 2.29. The van der Waals surface area contributed by atoms with Gasteiger partial charge in [-0.1, -0.05) is 18.2 Å². The summed E-state index contributed by atoms with van der Waals surface area (Å²) in [6, 6.07) is 13.9. The van der Waals surface area contributed by atoms with Crippen molar-refractivity contribution in [3.8, 4) is 5.75 Å². The van der Waals surface area contributed by atoms with E-state index in [9.17, 15) is 0 Å². The van der Waals surface area contributed by atoms with Crippen molar-refractivity contribution in [2.75, 3.05) is 14.2 Å². The molecule has 0 amide bonds. The zero-order valence-corrected chi connectivity index (χ0v) is 12.7. The van der Waals surface area contributed by atoms with Gasteiger partial charge in [-0.2, -0.15) is 0 Å². The molecule has 0 radical (unpaired) electrons. The third kappa shape index (κ3) is 3.18. The molecule has 0 saturated carbocycles. The van der Waals surface area contributed by atoms with Gasteiger partial charge in [0.2, 0.25) is 5.89 Å². The molecule has 0 aliphatic heterocycles. The molecule has 2 aromatic carbocycles.